The van der Waals surface area contributed by atoms with Crippen molar-refractivity contribution in [3.63, 3.8) is 0 Å². The zero-order chi connectivity index (χ0) is 13.1. The largest absolute Gasteiger partial charge is 0.492 e. The molecule has 0 bridgehead atoms. The van der Waals surface area contributed by atoms with Gasteiger partial charge in [0.1, 0.15) is 18.2 Å². The Balaban J connectivity index is 1.71. The van der Waals surface area contributed by atoms with Crippen molar-refractivity contribution in [2.24, 2.45) is 11.8 Å². The van der Waals surface area contributed by atoms with E-state index in [9.17, 15) is 9.18 Å². The predicted octanol–water partition coefficient (Wildman–Crippen LogP) is 2.32. The Morgan fingerprint density at radius 1 is 1.44 bits per heavy atom. The Labute approximate surface area is 107 Å². The molecule has 0 radical (unpaired) electrons. The Morgan fingerprint density at radius 3 is 2.61 bits per heavy atom. The number of nitrogens with zero attached hydrogens (tertiary/aromatic N) is 1. The fourth-order valence-corrected chi connectivity index (χ4v) is 1.89. The van der Waals surface area contributed by atoms with E-state index < -0.39 is 0 Å². The molecule has 1 aromatic rings. The minimum atomic E-state index is -0.280. The molecule has 2 unspecified atom stereocenters. The molecule has 4 heteroatoms. The van der Waals surface area contributed by atoms with Crippen molar-refractivity contribution in [1.29, 1.82) is 0 Å². The van der Waals surface area contributed by atoms with Crippen LogP contribution < -0.4 is 4.74 Å². The van der Waals surface area contributed by atoms with E-state index in [1.54, 1.807) is 24.1 Å². The van der Waals surface area contributed by atoms with Gasteiger partial charge in [0.2, 0.25) is 5.91 Å². The lowest BCUT2D eigenvalue weighted by Crippen LogP contribution is -2.32. The Morgan fingerprint density at radius 2 is 2.06 bits per heavy atom. The van der Waals surface area contributed by atoms with E-state index in [2.05, 4.69) is 6.92 Å². The topological polar surface area (TPSA) is 29.5 Å². The number of hydrogen-bond donors (Lipinski definition) is 0. The summed E-state index contributed by atoms with van der Waals surface area (Å²) < 4.78 is 18.1. The van der Waals surface area contributed by atoms with Gasteiger partial charge in [0, 0.05) is 13.0 Å². The van der Waals surface area contributed by atoms with Gasteiger partial charge in [0.25, 0.3) is 0 Å². The van der Waals surface area contributed by atoms with Crippen LogP contribution in [0.1, 0.15) is 13.3 Å². The summed E-state index contributed by atoms with van der Waals surface area (Å²) in [7, 11) is 1.79. The van der Waals surface area contributed by atoms with Gasteiger partial charge in [-0.1, -0.05) is 6.92 Å². The summed E-state index contributed by atoms with van der Waals surface area (Å²) >= 11 is 0. The van der Waals surface area contributed by atoms with Crippen LogP contribution >= 0.6 is 0 Å². The monoisotopic (exact) mass is 251 g/mol. The third kappa shape index (κ3) is 3.22. The smallest absolute Gasteiger partial charge is 0.225 e. The highest BCUT2D eigenvalue weighted by Crippen LogP contribution is 2.38. The maximum absolute atomic E-state index is 12.7. The molecule has 18 heavy (non-hydrogen) atoms. The molecule has 0 heterocycles. The molecule has 0 aliphatic heterocycles. The van der Waals surface area contributed by atoms with Crippen molar-refractivity contribution in [2.75, 3.05) is 20.2 Å². The van der Waals surface area contributed by atoms with Crippen molar-refractivity contribution in [2.45, 2.75) is 13.3 Å². The first-order valence-electron chi connectivity index (χ1n) is 6.21. The van der Waals surface area contributed by atoms with Crippen LogP contribution in [0.25, 0.3) is 0 Å². The van der Waals surface area contributed by atoms with Gasteiger partial charge in [-0.05, 0) is 36.6 Å². The summed E-state index contributed by atoms with van der Waals surface area (Å²) in [4.78, 5) is 13.5. The van der Waals surface area contributed by atoms with E-state index in [0.717, 1.165) is 6.42 Å². The quantitative estimate of drug-likeness (QED) is 0.803. The van der Waals surface area contributed by atoms with Crippen LogP contribution in [-0.4, -0.2) is 31.0 Å². The SMILES string of the molecule is CC1CC1C(=O)N(C)CCOc1ccc(F)cc1. The second-order valence-electron chi connectivity index (χ2n) is 4.88. The molecule has 3 nitrogen and oxygen atoms in total. The van der Waals surface area contributed by atoms with Gasteiger partial charge in [-0.25, -0.2) is 4.39 Å². The zero-order valence-electron chi connectivity index (χ0n) is 10.7. The minimum absolute atomic E-state index is 0.199. The Bertz CT molecular complexity index is 418. The normalized spacial score (nSPS) is 21.5. The van der Waals surface area contributed by atoms with Crippen molar-refractivity contribution >= 4 is 5.91 Å². The molecule has 0 saturated heterocycles. The van der Waals surface area contributed by atoms with Crippen molar-refractivity contribution in [3.8, 4) is 5.75 Å². The molecule has 1 aliphatic rings. The number of amides is 1. The molecule has 1 aromatic carbocycles. The first-order chi connectivity index (χ1) is 8.58. The molecule has 0 N–H and O–H groups in total. The lowest BCUT2D eigenvalue weighted by atomic mass is 10.3. The number of ether oxygens (including phenoxy) is 1. The van der Waals surface area contributed by atoms with E-state index in [1.165, 1.54) is 12.1 Å². The van der Waals surface area contributed by atoms with Crippen LogP contribution in [-0.2, 0) is 4.79 Å². The maximum Gasteiger partial charge on any atom is 0.225 e. The van der Waals surface area contributed by atoms with Gasteiger partial charge >= 0.3 is 0 Å². The van der Waals surface area contributed by atoms with E-state index >= 15 is 0 Å². The first kappa shape index (κ1) is 12.9. The molecule has 0 aromatic heterocycles. The van der Waals surface area contributed by atoms with Gasteiger partial charge in [-0.15, -0.1) is 0 Å². The van der Waals surface area contributed by atoms with Crippen LogP contribution in [0, 0.1) is 17.7 Å². The van der Waals surface area contributed by atoms with E-state index in [4.69, 9.17) is 4.74 Å². The van der Waals surface area contributed by atoms with Gasteiger partial charge in [-0.2, -0.15) is 0 Å². The molecular weight excluding hydrogens is 233 g/mol. The highest BCUT2D eigenvalue weighted by molar-refractivity contribution is 5.81. The predicted molar refractivity (Wildman–Crippen MR) is 66.8 cm³/mol. The number of carbonyl (C=O) groups excluding carboxylic acids is 1. The maximum atomic E-state index is 12.7. The molecule has 1 saturated carbocycles. The van der Waals surface area contributed by atoms with Crippen molar-refractivity contribution < 1.29 is 13.9 Å². The third-order valence-electron chi connectivity index (χ3n) is 3.31. The van der Waals surface area contributed by atoms with Crippen molar-refractivity contribution in [1.82, 2.24) is 4.90 Å². The van der Waals surface area contributed by atoms with Gasteiger partial charge < -0.3 is 9.64 Å². The van der Waals surface area contributed by atoms with Crippen LogP contribution in [0.15, 0.2) is 24.3 Å². The summed E-state index contributed by atoms with van der Waals surface area (Å²) in [5.41, 5.74) is 0. The van der Waals surface area contributed by atoms with Gasteiger partial charge in [0.05, 0.1) is 6.54 Å². The Hall–Kier alpha value is -1.58. The third-order valence-corrected chi connectivity index (χ3v) is 3.31. The molecule has 2 atom stereocenters. The van der Waals surface area contributed by atoms with Crippen LogP contribution in [0.5, 0.6) is 5.75 Å². The molecular formula is C14H18FNO2. The number of likely N-dealkylation sites (N-methyl/N-ethyl adjacent to an activating group) is 1. The molecule has 0 spiro atoms. The number of halogens is 1. The van der Waals surface area contributed by atoms with Crippen LogP contribution in [0.4, 0.5) is 4.39 Å². The summed E-state index contributed by atoms with van der Waals surface area (Å²) in [6.45, 7) is 3.07. The van der Waals surface area contributed by atoms with Crippen molar-refractivity contribution in [3.05, 3.63) is 30.1 Å². The number of rotatable bonds is 5. The second-order valence-corrected chi connectivity index (χ2v) is 4.88. The summed E-state index contributed by atoms with van der Waals surface area (Å²) in [6, 6.07) is 5.88. The Kier molecular flexibility index (Phi) is 3.84. The molecule has 2 rings (SSSR count). The zero-order valence-corrected chi connectivity index (χ0v) is 10.7. The fraction of sp³-hybridized carbons (Fsp3) is 0.500. The van der Waals surface area contributed by atoms with E-state index in [1.807, 2.05) is 0 Å². The molecule has 98 valence electrons. The number of hydrogen-bond acceptors (Lipinski definition) is 2. The van der Waals surface area contributed by atoms with E-state index in [0.29, 0.717) is 24.8 Å². The second kappa shape index (κ2) is 5.38. The van der Waals surface area contributed by atoms with Crippen LogP contribution in [0.2, 0.25) is 0 Å². The molecule has 1 fully saturated rings. The molecule has 1 amide bonds. The standard InChI is InChI=1S/C14H18FNO2/c1-10-9-13(10)14(17)16(2)7-8-18-12-5-3-11(15)4-6-12/h3-6,10,13H,7-9H2,1-2H3. The number of carbonyl (C=O) groups is 1. The van der Waals surface area contributed by atoms with Crippen LogP contribution in [0.3, 0.4) is 0 Å². The van der Waals surface area contributed by atoms with Gasteiger partial charge in [0.15, 0.2) is 0 Å². The highest BCUT2D eigenvalue weighted by Gasteiger charge is 2.40. The summed E-state index contributed by atoms with van der Waals surface area (Å²) in [6.07, 6.45) is 1.00. The lowest BCUT2D eigenvalue weighted by Gasteiger charge is -2.17. The highest BCUT2D eigenvalue weighted by atomic mass is 19.1. The first-order valence-corrected chi connectivity index (χ1v) is 6.21. The fourth-order valence-electron chi connectivity index (χ4n) is 1.89. The average molecular weight is 251 g/mol. The van der Waals surface area contributed by atoms with E-state index in [-0.39, 0.29) is 17.6 Å². The average Bonchev–Trinajstić information content (AvgIpc) is 3.08. The molecule has 1 aliphatic carbocycles. The minimum Gasteiger partial charge on any atom is -0.492 e. The summed E-state index contributed by atoms with van der Waals surface area (Å²) in [5, 5.41) is 0. The number of benzene rings is 1. The van der Waals surface area contributed by atoms with Gasteiger partial charge in [-0.3, -0.25) is 4.79 Å². The summed E-state index contributed by atoms with van der Waals surface area (Å²) in [5.74, 6) is 1.28. The lowest BCUT2D eigenvalue weighted by molar-refractivity contribution is -0.131.